The highest BCUT2D eigenvalue weighted by Crippen LogP contribution is 2.36. The normalized spacial score (nSPS) is 13.9. The molecule has 1 aliphatic heterocycles. The molecule has 2 aromatic carbocycles. The first-order valence-electron chi connectivity index (χ1n) is 12.0. The van der Waals surface area contributed by atoms with Gasteiger partial charge in [-0.05, 0) is 68.2 Å². The number of methoxy groups -OCH3 is 1. The van der Waals surface area contributed by atoms with Crippen molar-refractivity contribution >= 4 is 40.2 Å². The number of nitrogens with one attached hydrogen (secondary N) is 2. The van der Waals surface area contributed by atoms with Gasteiger partial charge in [-0.3, -0.25) is 4.79 Å². The van der Waals surface area contributed by atoms with Gasteiger partial charge in [0.15, 0.2) is 11.5 Å². The Morgan fingerprint density at radius 1 is 1.06 bits per heavy atom. The topological polar surface area (TPSA) is 62.8 Å². The van der Waals surface area contributed by atoms with Gasteiger partial charge >= 0.3 is 0 Å². The van der Waals surface area contributed by atoms with Crippen molar-refractivity contribution in [1.82, 2.24) is 4.90 Å². The minimum absolute atomic E-state index is 0.184. The van der Waals surface area contributed by atoms with Crippen LogP contribution in [0.4, 0.5) is 11.4 Å². The minimum atomic E-state index is -0.184. The van der Waals surface area contributed by atoms with E-state index in [-0.39, 0.29) is 5.91 Å². The Morgan fingerprint density at radius 2 is 1.83 bits per heavy atom. The third-order valence-electron chi connectivity index (χ3n) is 6.08. The second kappa shape index (κ2) is 12.3. The fraction of sp³-hybridized carbons (Fsp3) is 0.370. The van der Waals surface area contributed by atoms with E-state index >= 15 is 0 Å². The number of ether oxygens (including phenoxy) is 2. The number of amides is 1. The number of hydrogen-bond donors (Lipinski definition) is 2. The van der Waals surface area contributed by atoms with Crippen LogP contribution in [0.5, 0.6) is 11.5 Å². The average Bonchev–Trinajstić information content (AvgIpc) is 3.33. The Bertz CT molecular complexity index is 1130. The average molecular weight is 514 g/mol. The molecule has 0 atom stereocenters. The van der Waals surface area contributed by atoms with Gasteiger partial charge in [0.25, 0.3) is 5.91 Å². The Balaban J connectivity index is 1.38. The zero-order chi connectivity index (χ0) is 24.6. The van der Waals surface area contributed by atoms with Crippen LogP contribution in [0.15, 0.2) is 48.5 Å². The summed E-state index contributed by atoms with van der Waals surface area (Å²) in [5.74, 6) is 1.10. The molecule has 8 heteroatoms. The number of nitrogens with zero attached hydrogens (tertiary/aromatic N) is 1. The first kappa shape index (κ1) is 25.4. The van der Waals surface area contributed by atoms with Gasteiger partial charge in [-0.15, -0.1) is 11.3 Å². The molecule has 1 amide bonds. The molecule has 0 radical (unpaired) electrons. The molecule has 186 valence electrons. The van der Waals surface area contributed by atoms with Gasteiger partial charge in [-0.25, -0.2) is 0 Å². The van der Waals surface area contributed by atoms with Gasteiger partial charge in [-0.2, -0.15) is 0 Å². The third-order valence-corrected chi connectivity index (χ3v) is 7.52. The van der Waals surface area contributed by atoms with Crippen molar-refractivity contribution < 1.29 is 14.3 Å². The predicted octanol–water partition coefficient (Wildman–Crippen LogP) is 6.63. The number of halogens is 1. The molecule has 6 nitrogen and oxygen atoms in total. The summed E-state index contributed by atoms with van der Waals surface area (Å²) in [6.45, 7) is 4.08. The second-order valence-corrected chi connectivity index (χ2v) is 10.0. The van der Waals surface area contributed by atoms with Crippen LogP contribution in [0.3, 0.4) is 0 Å². The van der Waals surface area contributed by atoms with Crippen LogP contribution in [-0.4, -0.2) is 51.2 Å². The lowest BCUT2D eigenvalue weighted by Gasteiger charge is -2.26. The van der Waals surface area contributed by atoms with Crippen LogP contribution in [0.1, 0.15) is 35.4 Å². The molecule has 0 saturated carbocycles. The van der Waals surface area contributed by atoms with E-state index < -0.39 is 0 Å². The molecule has 2 N–H and O–H groups in total. The predicted molar refractivity (Wildman–Crippen MR) is 146 cm³/mol. The molecule has 0 unspecified atom stereocenters. The van der Waals surface area contributed by atoms with Gasteiger partial charge in [0.1, 0.15) is 4.88 Å². The molecule has 1 aliphatic rings. The van der Waals surface area contributed by atoms with E-state index in [4.69, 9.17) is 21.1 Å². The number of likely N-dealkylation sites (tertiary alicyclic amines) is 1. The van der Waals surface area contributed by atoms with Crippen LogP contribution in [0, 0.1) is 0 Å². The zero-order valence-corrected chi connectivity index (χ0v) is 21.8. The summed E-state index contributed by atoms with van der Waals surface area (Å²) in [7, 11) is 3.42. The summed E-state index contributed by atoms with van der Waals surface area (Å²) >= 11 is 7.44. The lowest BCUT2D eigenvalue weighted by atomic mass is 10.1. The monoisotopic (exact) mass is 513 g/mol. The van der Waals surface area contributed by atoms with E-state index in [1.807, 2.05) is 49.5 Å². The number of carbonyl (C=O) groups is 1. The van der Waals surface area contributed by atoms with Crippen molar-refractivity contribution in [3.8, 4) is 21.9 Å². The molecule has 0 spiro atoms. The number of hydrogen-bond acceptors (Lipinski definition) is 6. The zero-order valence-electron chi connectivity index (χ0n) is 20.2. The molecule has 1 aromatic heterocycles. The molecule has 4 rings (SSSR count). The van der Waals surface area contributed by atoms with Crippen LogP contribution in [-0.2, 0) is 0 Å². The molecule has 35 heavy (non-hydrogen) atoms. The van der Waals surface area contributed by atoms with Crippen LogP contribution in [0.25, 0.3) is 10.4 Å². The second-order valence-electron chi connectivity index (χ2n) is 8.53. The van der Waals surface area contributed by atoms with E-state index in [0.717, 1.165) is 29.1 Å². The van der Waals surface area contributed by atoms with Crippen LogP contribution in [0.2, 0.25) is 5.02 Å². The summed E-state index contributed by atoms with van der Waals surface area (Å²) < 4.78 is 11.5. The molecule has 1 fully saturated rings. The Hall–Kier alpha value is -2.74. The van der Waals surface area contributed by atoms with E-state index in [9.17, 15) is 4.79 Å². The maximum Gasteiger partial charge on any atom is 0.267 e. The van der Waals surface area contributed by atoms with Gasteiger partial charge in [0, 0.05) is 35.2 Å². The smallest absolute Gasteiger partial charge is 0.267 e. The van der Waals surface area contributed by atoms with Crippen molar-refractivity contribution in [2.24, 2.45) is 0 Å². The van der Waals surface area contributed by atoms with Crippen molar-refractivity contribution in [3.05, 3.63) is 58.4 Å². The molecule has 3 aromatic rings. The van der Waals surface area contributed by atoms with Gasteiger partial charge < -0.3 is 25.0 Å². The lowest BCUT2D eigenvalue weighted by Crippen LogP contribution is -2.31. The Labute approximate surface area is 216 Å². The number of piperidine rings is 1. The van der Waals surface area contributed by atoms with E-state index in [0.29, 0.717) is 33.7 Å². The summed E-state index contributed by atoms with van der Waals surface area (Å²) in [5.41, 5.74) is 2.44. The first-order chi connectivity index (χ1) is 17.1. The molecule has 0 aliphatic carbocycles. The Morgan fingerprint density at radius 3 is 2.54 bits per heavy atom. The molecule has 1 saturated heterocycles. The summed E-state index contributed by atoms with van der Waals surface area (Å²) in [6.07, 6.45) is 4.92. The SMILES string of the molecule is CNc1cc(-c2ccc(Cl)cc2)sc1C(=O)Nc1ccc(OCCCN2CCCCC2)c(OC)c1. The van der Waals surface area contributed by atoms with Gasteiger partial charge in [0.05, 0.1) is 19.4 Å². The van der Waals surface area contributed by atoms with Crippen molar-refractivity contribution in [2.75, 3.05) is 51.0 Å². The van der Waals surface area contributed by atoms with E-state index in [1.165, 1.54) is 43.7 Å². The van der Waals surface area contributed by atoms with E-state index in [2.05, 4.69) is 15.5 Å². The Kier molecular flexibility index (Phi) is 8.90. The first-order valence-corrected chi connectivity index (χ1v) is 13.2. The lowest BCUT2D eigenvalue weighted by molar-refractivity contribution is 0.103. The largest absolute Gasteiger partial charge is 0.493 e. The van der Waals surface area contributed by atoms with Crippen LogP contribution >= 0.6 is 22.9 Å². The van der Waals surface area contributed by atoms with E-state index in [1.54, 1.807) is 13.2 Å². The molecule has 2 heterocycles. The third kappa shape index (κ3) is 6.69. The number of thiophene rings is 1. The van der Waals surface area contributed by atoms with Gasteiger partial charge in [0.2, 0.25) is 0 Å². The summed E-state index contributed by atoms with van der Waals surface area (Å²) in [4.78, 5) is 17.2. The number of rotatable bonds is 10. The summed E-state index contributed by atoms with van der Waals surface area (Å²) in [5, 5.41) is 6.79. The quantitative estimate of drug-likeness (QED) is 0.298. The number of anilines is 2. The number of benzene rings is 2. The van der Waals surface area contributed by atoms with Crippen molar-refractivity contribution in [1.29, 1.82) is 0 Å². The fourth-order valence-corrected chi connectivity index (χ4v) is 5.40. The maximum atomic E-state index is 13.1. The van der Waals surface area contributed by atoms with Crippen LogP contribution < -0.4 is 20.1 Å². The maximum absolute atomic E-state index is 13.1. The fourth-order valence-electron chi connectivity index (χ4n) is 4.21. The molecule has 0 bridgehead atoms. The van der Waals surface area contributed by atoms with Gasteiger partial charge in [-0.1, -0.05) is 30.2 Å². The number of carbonyl (C=O) groups excluding carboxylic acids is 1. The van der Waals surface area contributed by atoms with Crippen molar-refractivity contribution in [2.45, 2.75) is 25.7 Å². The molecular weight excluding hydrogens is 482 g/mol. The highest BCUT2D eigenvalue weighted by Gasteiger charge is 2.18. The molecular formula is C27H32ClN3O3S. The highest BCUT2D eigenvalue weighted by molar-refractivity contribution is 7.18. The summed E-state index contributed by atoms with van der Waals surface area (Å²) in [6, 6.07) is 15.1. The standard InChI is InChI=1S/C27H32ClN3O3S/c1-29-22-18-25(19-7-9-20(28)10-8-19)35-26(22)27(32)30-21-11-12-23(24(17-21)33-2)34-16-6-15-31-13-4-3-5-14-31/h7-12,17-18,29H,3-6,13-16H2,1-2H3,(H,30,32). The van der Waals surface area contributed by atoms with Crippen molar-refractivity contribution in [3.63, 3.8) is 0 Å². The highest BCUT2D eigenvalue weighted by atomic mass is 35.5. The minimum Gasteiger partial charge on any atom is -0.493 e.